The van der Waals surface area contributed by atoms with Crippen LogP contribution in [0.15, 0.2) is 18.2 Å². The zero-order valence-electron chi connectivity index (χ0n) is 11.8. The largest absolute Gasteiger partial charge is 0.416 e. The second kappa shape index (κ2) is 7.67. The highest BCUT2D eigenvalue weighted by Gasteiger charge is 2.31. The molecule has 0 unspecified atom stereocenters. The zero-order chi connectivity index (χ0) is 15.9. The molecule has 1 N–H and O–H groups in total. The van der Waals surface area contributed by atoms with E-state index in [-0.39, 0.29) is 17.2 Å². The molecule has 0 spiro atoms. The first kappa shape index (κ1) is 17.0. The number of unbranched alkanes of at least 4 members (excludes halogenated alkanes) is 3. The van der Waals surface area contributed by atoms with Crippen molar-refractivity contribution in [2.75, 3.05) is 5.32 Å². The van der Waals surface area contributed by atoms with E-state index < -0.39 is 11.7 Å². The summed E-state index contributed by atoms with van der Waals surface area (Å²) < 4.78 is 37.6. The first-order valence-electron chi connectivity index (χ1n) is 6.79. The second-order valence-electron chi connectivity index (χ2n) is 4.73. The molecule has 114 valence electrons. The number of alkyl halides is 3. The van der Waals surface area contributed by atoms with E-state index in [1.807, 2.05) is 0 Å². The SMILES string of the molecule is CCCCCCC(=O)Nc1ccc(C(F)(F)F)cc1C#N. The Morgan fingerprint density at radius 1 is 1.29 bits per heavy atom. The molecule has 0 saturated heterocycles. The fraction of sp³-hybridized carbons (Fsp3) is 0.467. The number of hydrogen-bond acceptors (Lipinski definition) is 2. The third kappa shape index (κ3) is 5.46. The third-order valence-electron chi connectivity index (χ3n) is 3.00. The Labute approximate surface area is 121 Å². The number of nitrogens with zero attached hydrogens (tertiary/aromatic N) is 1. The fourth-order valence-electron chi connectivity index (χ4n) is 1.85. The van der Waals surface area contributed by atoms with Gasteiger partial charge in [-0.2, -0.15) is 18.4 Å². The first-order valence-corrected chi connectivity index (χ1v) is 6.79. The van der Waals surface area contributed by atoms with Crippen LogP contribution in [0.3, 0.4) is 0 Å². The average molecular weight is 298 g/mol. The normalized spacial score (nSPS) is 11.0. The van der Waals surface area contributed by atoms with Gasteiger partial charge in [0, 0.05) is 6.42 Å². The van der Waals surface area contributed by atoms with Crippen molar-refractivity contribution in [1.82, 2.24) is 0 Å². The van der Waals surface area contributed by atoms with Crippen LogP contribution in [0.25, 0.3) is 0 Å². The smallest absolute Gasteiger partial charge is 0.325 e. The standard InChI is InChI=1S/C15H17F3N2O/c1-2-3-4-5-6-14(21)20-13-8-7-12(15(16,17)18)9-11(13)10-19/h7-9H,2-6H2,1H3,(H,20,21). The zero-order valence-corrected chi connectivity index (χ0v) is 11.8. The van der Waals surface area contributed by atoms with Crippen molar-refractivity contribution < 1.29 is 18.0 Å². The summed E-state index contributed by atoms with van der Waals surface area (Å²) in [4.78, 5) is 11.7. The number of benzene rings is 1. The molecule has 0 radical (unpaired) electrons. The highest BCUT2D eigenvalue weighted by atomic mass is 19.4. The van der Waals surface area contributed by atoms with E-state index in [1.54, 1.807) is 6.07 Å². The summed E-state index contributed by atoms with van der Waals surface area (Å²) in [5, 5.41) is 11.4. The van der Waals surface area contributed by atoms with E-state index in [0.717, 1.165) is 43.9 Å². The fourth-order valence-corrected chi connectivity index (χ4v) is 1.85. The van der Waals surface area contributed by atoms with Gasteiger partial charge in [-0.05, 0) is 24.6 Å². The van der Waals surface area contributed by atoms with E-state index in [9.17, 15) is 18.0 Å². The summed E-state index contributed by atoms with van der Waals surface area (Å²) in [5.74, 6) is -0.289. The minimum Gasteiger partial charge on any atom is -0.325 e. The third-order valence-corrected chi connectivity index (χ3v) is 3.00. The predicted octanol–water partition coefficient (Wildman–Crippen LogP) is 4.49. The molecule has 1 rings (SSSR count). The molecule has 0 heterocycles. The van der Waals surface area contributed by atoms with Gasteiger partial charge in [0.2, 0.25) is 5.91 Å². The number of carbonyl (C=O) groups is 1. The van der Waals surface area contributed by atoms with Gasteiger partial charge in [0.15, 0.2) is 0 Å². The van der Waals surface area contributed by atoms with Gasteiger partial charge in [-0.3, -0.25) is 4.79 Å². The molecule has 0 aliphatic carbocycles. The Morgan fingerprint density at radius 3 is 2.57 bits per heavy atom. The summed E-state index contributed by atoms with van der Waals surface area (Å²) in [5.41, 5.74) is -0.974. The number of rotatable bonds is 6. The number of nitrogens with one attached hydrogen (secondary N) is 1. The summed E-state index contributed by atoms with van der Waals surface area (Å²) >= 11 is 0. The van der Waals surface area contributed by atoms with Gasteiger partial charge >= 0.3 is 6.18 Å². The summed E-state index contributed by atoms with van der Waals surface area (Å²) in [6.07, 6.45) is -0.458. The van der Waals surface area contributed by atoms with Crippen molar-refractivity contribution in [2.24, 2.45) is 0 Å². The van der Waals surface area contributed by atoms with Crippen molar-refractivity contribution in [2.45, 2.75) is 45.2 Å². The van der Waals surface area contributed by atoms with E-state index in [0.29, 0.717) is 6.42 Å². The van der Waals surface area contributed by atoms with Crippen molar-refractivity contribution >= 4 is 11.6 Å². The van der Waals surface area contributed by atoms with Crippen LogP contribution < -0.4 is 5.32 Å². The maximum absolute atomic E-state index is 12.5. The van der Waals surface area contributed by atoms with Gasteiger partial charge < -0.3 is 5.32 Å². The Bertz CT molecular complexity index is 533. The van der Waals surface area contributed by atoms with E-state index in [4.69, 9.17) is 5.26 Å². The molecule has 0 fully saturated rings. The van der Waals surface area contributed by atoms with Crippen LogP contribution in [-0.4, -0.2) is 5.91 Å². The van der Waals surface area contributed by atoms with Gasteiger partial charge in [-0.1, -0.05) is 26.2 Å². The summed E-state index contributed by atoms with van der Waals surface area (Å²) in [6, 6.07) is 4.39. The van der Waals surface area contributed by atoms with E-state index in [1.165, 1.54) is 0 Å². The van der Waals surface area contributed by atoms with Crippen LogP contribution in [0.5, 0.6) is 0 Å². The first-order chi connectivity index (χ1) is 9.88. The lowest BCUT2D eigenvalue weighted by Gasteiger charge is -2.11. The van der Waals surface area contributed by atoms with Gasteiger partial charge in [-0.25, -0.2) is 0 Å². The Kier molecular flexibility index (Phi) is 6.22. The lowest BCUT2D eigenvalue weighted by Crippen LogP contribution is -2.13. The molecule has 21 heavy (non-hydrogen) atoms. The van der Waals surface area contributed by atoms with Crippen LogP contribution in [-0.2, 0) is 11.0 Å². The molecule has 0 saturated carbocycles. The van der Waals surface area contributed by atoms with E-state index in [2.05, 4.69) is 12.2 Å². The number of nitriles is 1. The number of halogens is 3. The lowest BCUT2D eigenvalue weighted by molar-refractivity contribution is -0.137. The van der Waals surface area contributed by atoms with Crippen molar-refractivity contribution in [3.05, 3.63) is 29.3 Å². The minimum absolute atomic E-state index is 0.117. The van der Waals surface area contributed by atoms with Crippen molar-refractivity contribution in [1.29, 1.82) is 5.26 Å². The molecule has 0 aliphatic rings. The predicted molar refractivity (Wildman–Crippen MR) is 73.5 cm³/mol. The number of amides is 1. The number of carbonyl (C=O) groups excluding carboxylic acids is 1. The number of anilines is 1. The highest BCUT2D eigenvalue weighted by Crippen LogP contribution is 2.31. The van der Waals surface area contributed by atoms with E-state index >= 15 is 0 Å². The molecule has 1 aromatic carbocycles. The Balaban J connectivity index is 2.71. The molecule has 6 heteroatoms. The lowest BCUT2D eigenvalue weighted by atomic mass is 10.1. The monoisotopic (exact) mass is 298 g/mol. The summed E-state index contributed by atoms with van der Waals surface area (Å²) in [7, 11) is 0. The molecule has 0 aliphatic heterocycles. The molecule has 0 atom stereocenters. The van der Waals surface area contributed by atoms with Crippen molar-refractivity contribution in [3.63, 3.8) is 0 Å². The van der Waals surface area contributed by atoms with Crippen molar-refractivity contribution in [3.8, 4) is 6.07 Å². The van der Waals surface area contributed by atoms with Crippen LogP contribution in [0, 0.1) is 11.3 Å². The number of hydrogen-bond donors (Lipinski definition) is 1. The molecule has 0 aromatic heterocycles. The molecule has 1 aromatic rings. The summed E-state index contributed by atoms with van der Waals surface area (Å²) in [6.45, 7) is 2.06. The van der Waals surface area contributed by atoms with Gasteiger partial charge in [-0.15, -0.1) is 0 Å². The van der Waals surface area contributed by atoms with Crippen LogP contribution in [0.2, 0.25) is 0 Å². The second-order valence-corrected chi connectivity index (χ2v) is 4.73. The Morgan fingerprint density at radius 2 is 2.00 bits per heavy atom. The van der Waals surface area contributed by atoms with Crippen LogP contribution in [0.4, 0.5) is 18.9 Å². The molecule has 0 bridgehead atoms. The maximum atomic E-state index is 12.5. The minimum atomic E-state index is -4.51. The van der Waals surface area contributed by atoms with Gasteiger partial charge in [0.05, 0.1) is 16.8 Å². The Hall–Kier alpha value is -2.03. The molecule has 1 amide bonds. The average Bonchev–Trinajstić information content (AvgIpc) is 2.43. The van der Waals surface area contributed by atoms with Crippen LogP contribution in [0.1, 0.15) is 50.2 Å². The topological polar surface area (TPSA) is 52.9 Å². The van der Waals surface area contributed by atoms with Gasteiger partial charge in [0.1, 0.15) is 6.07 Å². The molecular formula is C15H17F3N2O. The van der Waals surface area contributed by atoms with Gasteiger partial charge in [0.25, 0.3) is 0 Å². The van der Waals surface area contributed by atoms with Crippen LogP contribution >= 0.6 is 0 Å². The highest BCUT2D eigenvalue weighted by molar-refractivity contribution is 5.92. The molecule has 3 nitrogen and oxygen atoms in total. The molecular weight excluding hydrogens is 281 g/mol. The maximum Gasteiger partial charge on any atom is 0.416 e. The quantitative estimate of drug-likeness (QED) is 0.787.